The standard InChI is InChI=1S/C15H11F2NO/c1-19-11-3-5-14(16)13(9-11)12-4-2-10(6-7-18)8-15(12)17/h2-5,8-9H,6H2,1H3. The number of methoxy groups -OCH3 is 1. The fraction of sp³-hybridized carbons (Fsp3) is 0.133. The maximum absolute atomic E-state index is 14.0. The molecule has 0 aliphatic heterocycles. The van der Waals surface area contributed by atoms with Crippen molar-refractivity contribution in [3.8, 4) is 22.9 Å². The van der Waals surface area contributed by atoms with E-state index in [0.717, 1.165) is 0 Å². The van der Waals surface area contributed by atoms with E-state index in [1.54, 1.807) is 6.07 Å². The maximum Gasteiger partial charge on any atom is 0.131 e. The molecule has 0 aliphatic carbocycles. The van der Waals surface area contributed by atoms with Crippen molar-refractivity contribution in [2.75, 3.05) is 7.11 Å². The molecule has 0 atom stereocenters. The molecular weight excluding hydrogens is 248 g/mol. The van der Waals surface area contributed by atoms with Crippen LogP contribution in [0, 0.1) is 23.0 Å². The molecule has 0 unspecified atom stereocenters. The van der Waals surface area contributed by atoms with E-state index in [0.29, 0.717) is 11.3 Å². The highest BCUT2D eigenvalue weighted by Crippen LogP contribution is 2.29. The zero-order valence-corrected chi connectivity index (χ0v) is 10.3. The Morgan fingerprint density at radius 2 is 1.84 bits per heavy atom. The molecule has 0 spiro atoms. The van der Waals surface area contributed by atoms with Gasteiger partial charge in [0.15, 0.2) is 0 Å². The summed E-state index contributed by atoms with van der Waals surface area (Å²) in [6.07, 6.45) is 0.123. The average molecular weight is 259 g/mol. The van der Waals surface area contributed by atoms with Crippen molar-refractivity contribution in [1.82, 2.24) is 0 Å². The zero-order valence-electron chi connectivity index (χ0n) is 10.3. The first-order chi connectivity index (χ1) is 9.15. The minimum atomic E-state index is -0.556. The summed E-state index contributed by atoms with van der Waals surface area (Å²) in [4.78, 5) is 0. The predicted octanol–water partition coefficient (Wildman–Crippen LogP) is 3.71. The van der Waals surface area contributed by atoms with Gasteiger partial charge in [0, 0.05) is 11.1 Å². The number of nitrogens with zero attached hydrogens (tertiary/aromatic N) is 1. The van der Waals surface area contributed by atoms with E-state index in [4.69, 9.17) is 10.00 Å². The lowest BCUT2D eigenvalue weighted by molar-refractivity contribution is 0.414. The lowest BCUT2D eigenvalue weighted by atomic mass is 10.0. The number of rotatable bonds is 3. The van der Waals surface area contributed by atoms with Crippen molar-refractivity contribution < 1.29 is 13.5 Å². The SMILES string of the molecule is COc1ccc(F)c(-c2ccc(CC#N)cc2F)c1. The predicted molar refractivity (Wildman–Crippen MR) is 67.7 cm³/mol. The third-order valence-electron chi connectivity index (χ3n) is 2.78. The minimum absolute atomic E-state index is 0.123. The molecule has 0 amide bonds. The van der Waals surface area contributed by atoms with Crippen molar-refractivity contribution in [2.45, 2.75) is 6.42 Å². The van der Waals surface area contributed by atoms with Gasteiger partial charge in [0.25, 0.3) is 0 Å². The van der Waals surface area contributed by atoms with E-state index in [9.17, 15) is 8.78 Å². The van der Waals surface area contributed by atoms with Crippen LogP contribution < -0.4 is 4.74 Å². The van der Waals surface area contributed by atoms with Gasteiger partial charge in [-0.25, -0.2) is 8.78 Å². The van der Waals surface area contributed by atoms with Gasteiger partial charge in [-0.3, -0.25) is 0 Å². The Morgan fingerprint density at radius 3 is 2.47 bits per heavy atom. The molecule has 0 bridgehead atoms. The summed E-state index contributed by atoms with van der Waals surface area (Å²) in [5.74, 6) is -0.621. The number of halogens is 2. The molecule has 2 nitrogen and oxygen atoms in total. The first-order valence-corrected chi connectivity index (χ1v) is 5.65. The van der Waals surface area contributed by atoms with Gasteiger partial charge < -0.3 is 4.74 Å². The highest BCUT2D eigenvalue weighted by molar-refractivity contribution is 5.67. The molecule has 0 N–H and O–H groups in total. The van der Waals surface area contributed by atoms with Crippen LogP contribution in [0.2, 0.25) is 0 Å². The van der Waals surface area contributed by atoms with Gasteiger partial charge in [-0.2, -0.15) is 5.26 Å². The van der Waals surface area contributed by atoms with E-state index < -0.39 is 11.6 Å². The number of benzene rings is 2. The van der Waals surface area contributed by atoms with E-state index in [2.05, 4.69) is 0 Å². The number of hydrogen-bond acceptors (Lipinski definition) is 2. The molecule has 0 radical (unpaired) electrons. The van der Waals surface area contributed by atoms with Crippen molar-refractivity contribution in [1.29, 1.82) is 5.26 Å². The molecule has 0 aromatic heterocycles. The van der Waals surface area contributed by atoms with Crippen LogP contribution in [0.25, 0.3) is 11.1 Å². The molecular formula is C15H11F2NO. The number of ether oxygens (including phenoxy) is 1. The fourth-order valence-corrected chi connectivity index (χ4v) is 1.82. The van der Waals surface area contributed by atoms with Crippen LogP contribution in [0.15, 0.2) is 36.4 Å². The quantitative estimate of drug-likeness (QED) is 0.841. The van der Waals surface area contributed by atoms with Gasteiger partial charge in [-0.05, 0) is 29.8 Å². The number of nitriles is 1. The van der Waals surface area contributed by atoms with Crippen LogP contribution in [-0.4, -0.2) is 7.11 Å². The Morgan fingerprint density at radius 1 is 1.05 bits per heavy atom. The zero-order chi connectivity index (χ0) is 13.8. The van der Waals surface area contributed by atoms with Crippen LogP contribution in [0.4, 0.5) is 8.78 Å². The summed E-state index contributed by atoms with van der Waals surface area (Å²) in [6.45, 7) is 0. The summed E-state index contributed by atoms with van der Waals surface area (Å²) in [7, 11) is 1.46. The summed E-state index contributed by atoms with van der Waals surface area (Å²) in [6, 6.07) is 10.4. The van der Waals surface area contributed by atoms with Crippen LogP contribution in [-0.2, 0) is 6.42 Å². The van der Waals surface area contributed by atoms with Gasteiger partial charge >= 0.3 is 0 Å². The molecule has 0 saturated heterocycles. The largest absolute Gasteiger partial charge is 0.497 e. The Balaban J connectivity index is 2.50. The average Bonchev–Trinajstić information content (AvgIpc) is 2.40. The van der Waals surface area contributed by atoms with Gasteiger partial charge in [-0.1, -0.05) is 12.1 Å². The molecule has 4 heteroatoms. The van der Waals surface area contributed by atoms with Crippen molar-refractivity contribution in [3.05, 3.63) is 53.6 Å². The fourth-order valence-electron chi connectivity index (χ4n) is 1.82. The monoisotopic (exact) mass is 259 g/mol. The van der Waals surface area contributed by atoms with Crippen LogP contribution in [0.5, 0.6) is 5.75 Å². The van der Waals surface area contributed by atoms with E-state index >= 15 is 0 Å². The van der Waals surface area contributed by atoms with E-state index in [-0.39, 0.29) is 17.5 Å². The Bertz CT molecular complexity index is 647. The highest BCUT2D eigenvalue weighted by Gasteiger charge is 2.12. The van der Waals surface area contributed by atoms with Crippen LogP contribution in [0.3, 0.4) is 0 Å². The first-order valence-electron chi connectivity index (χ1n) is 5.65. The Labute approximate surface area is 109 Å². The molecule has 0 saturated carbocycles. The minimum Gasteiger partial charge on any atom is -0.497 e. The van der Waals surface area contributed by atoms with Crippen LogP contribution >= 0.6 is 0 Å². The summed E-state index contributed by atoms with van der Waals surface area (Å²) in [5.41, 5.74) is 0.852. The highest BCUT2D eigenvalue weighted by atomic mass is 19.1. The topological polar surface area (TPSA) is 33.0 Å². The maximum atomic E-state index is 14.0. The van der Waals surface area contributed by atoms with Crippen LogP contribution in [0.1, 0.15) is 5.56 Å². The second-order valence-corrected chi connectivity index (χ2v) is 3.99. The summed E-state index contributed by atoms with van der Waals surface area (Å²) in [5, 5.41) is 8.56. The molecule has 19 heavy (non-hydrogen) atoms. The lowest BCUT2D eigenvalue weighted by Crippen LogP contribution is -1.92. The van der Waals surface area contributed by atoms with Crippen molar-refractivity contribution in [3.63, 3.8) is 0 Å². The molecule has 0 heterocycles. The molecule has 2 aromatic carbocycles. The summed E-state index contributed by atoms with van der Waals surface area (Å²) < 4.78 is 32.7. The van der Waals surface area contributed by atoms with E-state index in [1.807, 2.05) is 6.07 Å². The van der Waals surface area contributed by atoms with Gasteiger partial charge in [0.1, 0.15) is 17.4 Å². The van der Waals surface area contributed by atoms with Gasteiger partial charge in [0.05, 0.1) is 19.6 Å². The van der Waals surface area contributed by atoms with E-state index in [1.165, 1.54) is 37.4 Å². The normalized spacial score (nSPS) is 10.0. The third-order valence-corrected chi connectivity index (χ3v) is 2.78. The summed E-state index contributed by atoms with van der Waals surface area (Å²) >= 11 is 0. The molecule has 0 fully saturated rings. The second kappa shape index (κ2) is 5.49. The number of hydrogen-bond donors (Lipinski definition) is 0. The van der Waals surface area contributed by atoms with Gasteiger partial charge in [-0.15, -0.1) is 0 Å². The second-order valence-electron chi connectivity index (χ2n) is 3.99. The lowest BCUT2D eigenvalue weighted by Gasteiger charge is -2.08. The Hall–Kier alpha value is -2.41. The first kappa shape index (κ1) is 13.0. The van der Waals surface area contributed by atoms with Crippen molar-refractivity contribution >= 4 is 0 Å². The molecule has 0 aliphatic rings. The Kier molecular flexibility index (Phi) is 3.76. The molecule has 96 valence electrons. The molecule has 2 aromatic rings. The van der Waals surface area contributed by atoms with Gasteiger partial charge in [0.2, 0.25) is 0 Å². The molecule has 2 rings (SSSR count). The van der Waals surface area contributed by atoms with Crippen molar-refractivity contribution in [2.24, 2.45) is 0 Å². The smallest absolute Gasteiger partial charge is 0.131 e. The third kappa shape index (κ3) is 2.71.